The number of H-pyrrole nitrogens is 1. The van der Waals surface area contributed by atoms with Crippen LogP contribution in [0.3, 0.4) is 0 Å². The summed E-state index contributed by atoms with van der Waals surface area (Å²) in [6.07, 6.45) is 7.14. The van der Waals surface area contributed by atoms with Crippen LogP contribution in [0.25, 0.3) is 0 Å². The number of pyridine rings is 1. The molecule has 1 aromatic carbocycles. The second kappa shape index (κ2) is 9.40. The molecule has 27 heavy (non-hydrogen) atoms. The van der Waals surface area contributed by atoms with E-state index in [1.807, 2.05) is 30.3 Å². The topological polar surface area (TPSA) is 68.4 Å². The van der Waals surface area contributed by atoms with Gasteiger partial charge in [-0.2, -0.15) is 0 Å². The third kappa shape index (κ3) is 5.22. The van der Waals surface area contributed by atoms with E-state index in [1.54, 1.807) is 13.0 Å². The van der Waals surface area contributed by atoms with Crippen molar-refractivity contribution >= 4 is 5.97 Å². The molecule has 0 bridgehead atoms. The average Bonchev–Trinajstić information content (AvgIpc) is 2.91. The molecule has 3 rings (SSSR count). The Morgan fingerprint density at radius 2 is 1.81 bits per heavy atom. The van der Waals surface area contributed by atoms with Crippen LogP contribution in [0.1, 0.15) is 67.1 Å². The predicted octanol–water partition coefficient (Wildman–Crippen LogP) is 4.24. The Morgan fingerprint density at radius 3 is 2.48 bits per heavy atom. The van der Waals surface area contributed by atoms with Crippen LogP contribution in [0.5, 0.6) is 5.75 Å². The third-order valence-corrected chi connectivity index (χ3v) is 4.87. The molecule has 1 N–H and O–H groups in total. The van der Waals surface area contributed by atoms with Crippen LogP contribution in [-0.2, 0) is 11.2 Å². The maximum Gasteiger partial charge on any atom is 0.347 e. The lowest BCUT2D eigenvalue weighted by Gasteiger charge is -2.19. The van der Waals surface area contributed by atoms with Crippen molar-refractivity contribution in [3.8, 4) is 5.75 Å². The molecular formula is C22H27NO4. The van der Waals surface area contributed by atoms with Crippen LogP contribution in [0.4, 0.5) is 0 Å². The highest BCUT2D eigenvalue weighted by atomic mass is 16.5. The lowest BCUT2D eigenvalue weighted by molar-refractivity contribution is 0.0515. The molecular weight excluding hydrogens is 342 g/mol. The van der Waals surface area contributed by atoms with Crippen LogP contribution >= 0.6 is 0 Å². The Bertz CT molecular complexity index is 805. The molecule has 0 unspecified atom stereocenters. The van der Waals surface area contributed by atoms with Gasteiger partial charge in [-0.1, -0.05) is 43.2 Å². The smallest absolute Gasteiger partial charge is 0.347 e. The standard InChI is InChI=1S/C22H27NO4/c1-2-26-22(25)20-19(27-18-12-8-3-4-9-13-18)15-17(23-21(20)24)14-16-10-6-5-7-11-16/h5-7,10-11,15,18H,2-4,8-9,12-14H2,1H3,(H,23,24). The Morgan fingerprint density at radius 1 is 1.11 bits per heavy atom. The van der Waals surface area contributed by atoms with Crippen molar-refractivity contribution < 1.29 is 14.3 Å². The highest BCUT2D eigenvalue weighted by molar-refractivity contribution is 5.92. The minimum absolute atomic E-state index is 0.0297. The number of rotatable bonds is 6. The number of ether oxygens (including phenoxy) is 2. The number of carbonyl (C=O) groups excluding carboxylic acids is 1. The van der Waals surface area contributed by atoms with Crippen LogP contribution in [0.15, 0.2) is 41.2 Å². The van der Waals surface area contributed by atoms with Crippen molar-refractivity contribution in [3.05, 3.63) is 63.6 Å². The molecule has 0 radical (unpaired) electrons. The van der Waals surface area contributed by atoms with Gasteiger partial charge in [0, 0.05) is 18.2 Å². The molecule has 5 nitrogen and oxygen atoms in total. The van der Waals surface area contributed by atoms with Gasteiger partial charge in [0.05, 0.1) is 12.7 Å². The molecule has 2 aromatic rings. The molecule has 0 aliphatic heterocycles. The van der Waals surface area contributed by atoms with Crippen LogP contribution in [-0.4, -0.2) is 23.7 Å². The number of hydrogen-bond acceptors (Lipinski definition) is 4. The van der Waals surface area contributed by atoms with Gasteiger partial charge in [-0.25, -0.2) is 4.79 Å². The summed E-state index contributed by atoms with van der Waals surface area (Å²) in [6.45, 7) is 1.94. The number of hydrogen-bond donors (Lipinski definition) is 1. The molecule has 144 valence electrons. The second-order valence-corrected chi connectivity index (χ2v) is 6.98. The zero-order valence-corrected chi connectivity index (χ0v) is 15.8. The quantitative estimate of drug-likeness (QED) is 0.611. The largest absolute Gasteiger partial charge is 0.489 e. The van der Waals surface area contributed by atoms with Gasteiger partial charge >= 0.3 is 5.97 Å². The van der Waals surface area contributed by atoms with Gasteiger partial charge in [0.2, 0.25) is 0 Å². The molecule has 0 atom stereocenters. The fourth-order valence-corrected chi connectivity index (χ4v) is 3.53. The first-order valence-electron chi connectivity index (χ1n) is 9.81. The van der Waals surface area contributed by atoms with Crippen molar-refractivity contribution in [2.75, 3.05) is 6.61 Å². The van der Waals surface area contributed by atoms with Gasteiger partial charge in [-0.15, -0.1) is 0 Å². The van der Waals surface area contributed by atoms with Crippen molar-refractivity contribution in [1.29, 1.82) is 0 Å². The van der Waals surface area contributed by atoms with E-state index in [0.29, 0.717) is 12.2 Å². The molecule has 5 heteroatoms. The van der Waals surface area contributed by atoms with E-state index in [1.165, 1.54) is 12.8 Å². The van der Waals surface area contributed by atoms with E-state index in [-0.39, 0.29) is 18.3 Å². The van der Waals surface area contributed by atoms with E-state index in [2.05, 4.69) is 4.98 Å². The minimum Gasteiger partial charge on any atom is -0.489 e. The lowest BCUT2D eigenvalue weighted by Crippen LogP contribution is -2.25. The van der Waals surface area contributed by atoms with Gasteiger partial charge < -0.3 is 14.5 Å². The van der Waals surface area contributed by atoms with Gasteiger partial charge in [-0.05, 0) is 38.2 Å². The molecule has 0 spiro atoms. The molecule has 1 aliphatic rings. The summed E-state index contributed by atoms with van der Waals surface area (Å²) in [6, 6.07) is 11.7. The summed E-state index contributed by atoms with van der Waals surface area (Å²) in [5.41, 5.74) is 1.32. The molecule has 1 heterocycles. The maximum atomic E-state index is 12.6. The zero-order valence-electron chi connectivity index (χ0n) is 15.8. The van der Waals surface area contributed by atoms with E-state index >= 15 is 0 Å². The molecule has 0 amide bonds. The summed E-state index contributed by atoms with van der Waals surface area (Å²) in [4.78, 5) is 27.8. The van der Waals surface area contributed by atoms with Crippen molar-refractivity contribution in [2.45, 2.75) is 58.0 Å². The van der Waals surface area contributed by atoms with Crippen LogP contribution < -0.4 is 10.3 Å². The zero-order chi connectivity index (χ0) is 19.1. The fraction of sp³-hybridized carbons (Fsp3) is 0.455. The molecule has 1 saturated carbocycles. The summed E-state index contributed by atoms with van der Waals surface area (Å²) in [5, 5.41) is 0. The van der Waals surface area contributed by atoms with Crippen molar-refractivity contribution in [1.82, 2.24) is 4.98 Å². The molecule has 1 aromatic heterocycles. The summed E-state index contributed by atoms with van der Waals surface area (Å²) >= 11 is 0. The number of aromatic nitrogens is 1. The highest BCUT2D eigenvalue weighted by Gasteiger charge is 2.23. The van der Waals surface area contributed by atoms with E-state index < -0.39 is 11.5 Å². The summed E-state index contributed by atoms with van der Waals surface area (Å²) < 4.78 is 11.3. The molecule has 1 fully saturated rings. The van der Waals surface area contributed by atoms with Gasteiger partial charge in [0.1, 0.15) is 5.75 Å². The number of esters is 1. The summed E-state index contributed by atoms with van der Waals surface area (Å²) in [5.74, 6) is -0.288. The number of carbonyl (C=O) groups is 1. The van der Waals surface area contributed by atoms with Crippen molar-refractivity contribution in [2.24, 2.45) is 0 Å². The molecule has 1 aliphatic carbocycles. The SMILES string of the molecule is CCOC(=O)c1c(OC2CCCCCC2)cc(Cc2ccccc2)[nH]c1=O. The monoisotopic (exact) mass is 369 g/mol. The van der Waals surface area contributed by atoms with Crippen LogP contribution in [0.2, 0.25) is 0 Å². The maximum absolute atomic E-state index is 12.6. The first kappa shape index (κ1) is 19.2. The minimum atomic E-state index is -0.631. The summed E-state index contributed by atoms with van der Waals surface area (Å²) in [7, 11) is 0. The Labute approximate surface area is 159 Å². The van der Waals surface area contributed by atoms with E-state index in [0.717, 1.165) is 36.9 Å². The first-order chi connectivity index (χ1) is 13.2. The number of nitrogens with one attached hydrogen (secondary N) is 1. The average molecular weight is 369 g/mol. The molecule has 0 saturated heterocycles. The first-order valence-corrected chi connectivity index (χ1v) is 9.81. The van der Waals surface area contributed by atoms with Gasteiger partial charge in [-0.3, -0.25) is 4.79 Å². The van der Waals surface area contributed by atoms with E-state index in [9.17, 15) is 9.59 Å². The number of aromatic amines is 1. The third-order valence-electron chi connectivity index (χ3n) is 4.87. The van der Waals surface area contributed by atoms with Crippen molar-refractivity contribution in [3.63, 3.8) is 0 Å². The Kier molecular flexibility index (Phi) is 6.69. The predicted molar refractivity (Wildman–Crippen MR) is 104 cm³/mol. The Balaban J connectivity index is 1.92. The second-order valence-electron chi connectivity index (χ2n) is 6.98. The number of benzene rings is 1. The normalized spacial score (nSPS) is 15.1. The van der Waals surface area contributed by atoms with Crippen LogP contribution in [0, 0.1) is 0 Å². The lowest BCUT2D eigenvalue weighted by atomic mass is 10.1. The van der Waals surface area contributed by atoms with E-state index in [4.69, 9.17) is 9.47 Å². The fourth-order valence-electron chi connectivity index (χ4n) is 3.53. The highest BCUT2D eigenvalue weighted by Crippen LogP contribution is 2.25. The van der Waals surface area contributed by atoms with Gasteiger partial charge in [0.15, 0.2) is 5.56 Å². The Hall–Kier alpha value is -2.56. The van der Waals surface area contributed by atoms with Gasteiger partial charge in [0.25, 0.3) is 5.56 Å².